The van der Waals surface area contributed by atoms with Gasteiger partial charge in [0, 0.05) is 18.3 Å². The minimum Gasteiger partial charge on any atom is -0.480 e. The number of carboxylic acids is 1. The normalized spacial score (nSPS) is 13.0. The first kappa shape index (κ1) is 23.4. The molecular formula is C25H25N3O5S. The molecule has 0 saturated carbocycles. The number of carboxylic acid groups (broad SMARTS) is 1. The molecule has 8 nitrogen and oxygen atoms in total. The zero-order valence-electron chi connectivity index (χ0n) is 18.9. The van der Waals surface area contributed by atoms with Gasteiger partial charge in [-0.25, -0.2) is 14.6 Å². The molecule has 2 N–H and O–H groups in total. The van der Waals surface area contributed by atoms with E-state index in [2.05, 4.69) is 34.6 Å². The van der Waals surface area contributed by atoms with Gasteiger partial charge in [0.15, 0.2) is 0 Å². The largest absolute Gasteiger partial charge is 0.480 e. The van der Waals surface area contributed by atoms with Gasteiger partial charge in [-0.15, -0.1) is 11.3 Å². The van der Waals surface area contributed by atoms with E-state index in [1.807, 2.05) is 24.3 Å². The van der Waals surface area contributed by atoms with E-state index in [1.54, 1.807) is 5.38 Å². The Kier molecular flexibility index (Phi) is 6.93. The van der Waals surface area contributed by atoms with Gasteiger partial charge in [-0.05, 0) is 29.2 Å². The molecule has 3 aromatic rings. The average Bonchev–Trinajstić information content (AvgIpc) is 3.42. The van der Waals surface area contributed by atoms with Crippen LogP contribution >= 0.6 is 11.3 Å². The first-order valence-electron chi connectivity index (χ1n) is 10.9. The van der Waals surface area contributed by atoms with Gasteiger partial charge in [-0.1, -0.05) is 48.5 Å². The Bertz CT molecular complexity index is 1180. The summed E-state index contributed by atoms with van der Waals surface area (Å²) >= 11 is 1.32. The number of nitrogens with one attached hydrogen (secondary N) is 1. The molecule has 2 amide bonds. The molecule has 0 fully saturated rings. The number of amides is 2. The number of rotatable bonds is 8. The third-order valence-electron chi connectivity index (χ3n) is 5.99. The van der Waals surface area contributed by atoms with Crippen molar-refractivity contribution in [1.82, 2.24) is 15.2 Å². The number of hydrogen-bond donors (Lipinski definition) is 2. The van der Waals surface area contributed by atoms with E-state index in [4.69, 9.17) is 9.84 Å². The van der Waals surface area contributed by atoms with Crippen LogP contribution in [0.3, 0.4) is 0 Å². The SMILES string of the molecule is C[C@@H](C(=O)O)N(C)C(=O)Cc1csc(CNC(=O)OCC2c3ccccc3-c3ccccc32)n1. The fraction of sp³-hybridized carbons (Fsp3) is 0.280. The summed E-state index contributed by atoms with van der Waals surface area (Å²) in [6, 6.07) is 15.4. The van der Waals surface area contributed by atoms with Crippen molar-refractivity contribution in [2.45, 2.75) is 31.8 Å². The third-order valence-corrected chi connectivity index (χ3v) is 6.89. The number of likely N-dealkylation sites (N-methyl/N-ethyl adjacent to an activating group) is 1. The molecule has 1 aliphatic rings. The van der Waals surface area contributed by atoms with Crippen molar-refractivity contribution in [2.24, 2.45) is 0 Å². The quantitative estimate of drug-likeness (QED) is 0.510. The predicted octanol–water partition coefficient (Wildman–Crippen LogP) is 3.66. The molecule has 0 unspecified atom stereocenters. The minimum atomic E-state index is -1.07. The van der Waals surface area contributed by atoms with Gasteiger partial charge >= 0.3 is 12.1 Å². The highest BCUT2D eigenvalue weighted by Crippen LogP contribution is 2.44. The van der Waals surface area contributed by atoms with Crippen LogP contribution in [0.5, 0.6) is 0 Å². The Hall–Kier alpha value is -3.72. The number of carbonyl (C=O) groups excluding carboxylic acids is 2. The van der Waals surface area contributed by atoms with Crippen LogP contribution in [0.2, 0.25) is 0 Å². The Morgan fingerprint density at radius 3 is 2.35 bits per heavy atom. The van der Waals surface area contributed by atoms with E-state index >= 15 is 0 Å². The summed E-state index contributed by atoms with van der Waals surface area (Å²) in [5.74, 6) is -1.42. The van der Waals surface area contributed by atoms with Crippen LogP contribution in [0.25, 0.3) is 11.1 Å². The van der Waals surface area contributed by atoms with Crippen molar-refractivity contribution in [3.63, 3.8) is 0 Å². The zero-order chi connectivity index (χ0) is 24.2. The van der Waals surface area contributed by atoms with Crippen LogP contribution in [0, 0.1) is 0 Å². The first-order valence-corrected chi connectivity index (χ1v) is 11.7. The van der Waals surface area contributed by atoms with Crippen molar-refractivity contribution < 1.29 is 24.2 Å². The van der Waals surface area contributed by atoms with E-state index in [0.29, 0.717) is 10.7 Å². The second-order valence-corrected chi connectivity index (χ2v) is 9.05. The molecule has 1 atom stereocenters. The second kappa shape index (κ2) is 10.0. The van der Waals surface area contributed by atoms with Gasteiger partial charge < -0.3 is 20.1 Å². The molecule has 1 aliphatic carbocycles. The molecule has 0 spiro atoms. The lowest BCUT2D eigenvalue weighted by atomic mass is 9.98. The lowest BCUT2D eigenvalue weighted by Gasteiger charge is -2.20. The predicted molar refractivity (Wildman–Crippen MR) is 128 cm³/mol. The topological polar surface area (TPSA) is 109 Å². The monoisotopic (exact) mass is 479 g/mol. The number of hydrogen-bond acceptors (Lipinski definition) is 6. The van der Waals surface area contributed by atoms with Crippen molar-refractivity contribution in [2.75, 3.05) is 13.7 Å². The number of aromatic nitrogens is 1. The summed E-state index contributed by atoms with van der Waals surface area (Å²) in [7, 11) is 1.45. The summed E-state index contributed by atoms with van der Waals surface area (Å²) in [6.45, 7) is 1.85. The summed E-state index contributed by atoms with van der Waals surface area (Å²) in [4.78, 5) is 41.2. The Morgan fingerprint density at radius 2 is 1.74 bits per heavy atom. The van der Waals surface area contributed by atoms with Crippen LogP contribution in [-0.4, -0.2) is 52.7 Å². The summed E-state index contributed by atoms with van der Waals surface area (Å²) in [5, 5.41) is 14.1. The highest BCUT2D eigenvalue weighted by Gasteiger charge is 2.29. The summed E-state index contributed by atoms with van der Waals surface area (Å²) < 4.78 is 5.52. The van der Waals surface area contributed by atoms with Gasteiger partial charge in [0.2, 0.25) is 5.91 Å². The summed E-state index contributed by atoms with van der Waals surface area (Å²) in [5.41, 5.74) is 5.16. The van der Waals surface area contributed by atoms with Gasteiger partial charge in [-0.3, -0.25) is 4.79 Å². The molecule has 0 saturated heterocycles. The lowest BCUT2D eigenvalue weighted by Crippen LogP contribution is -2.41. The second-order valence-electron chi connectivity index (χ2n) is 8.11. The van der Waals surface area contributed by atoms with Crippen molar-refractivity contribution in [1.29, 1.82) is 0 Å². The zero-order valence-corrected chi connectivity index (χ0v) is 19.7. The number of carbonyl (C=O) groups is 3. The number of nitrogens with zero attached hydrogens (tertiary/aromatic N) is 2. The fourth-order valence-corrected chi connectivity index (χ4v) is 4.70. The van der Waals surface area contributed by atoms with Crippen LogP contribution in [-0.2, 0) is 27.3 Å². The molecule has 0 bridgehead atoms. The van der Waals surface area contributed by atoms with Crippen LogP contribution < -0.4 is 5.32 Å². The Labute approximate surface area is 201 Å². The highest BCUT2D eigenvalue weighted by molar-refractivity contribution is 7.09. The minimum absolute atomic E-state index is 0.00440. The number of thiazole rings is 1. The van der Waals surface area contributed by atoms with E-state index < -0.39 is 18.1 Å². The van der Waals surface area contributed by atoms with Crippen molar-refractivity contribution >= 4 is 29.3 Å². The number of ether oxygens (including phenoxy) is 1. The average molecular weight is 480 g/mol. The third kappa shape index (κ3) is 4.94. The molecule has 0 radical (unpaired) electrons. The molecule has 176 valence electrons. The lowest BCUT2D eigenvalue weighted by molar-refractivity contribution is -0.148. The van der Waals surface area contributed by atoms with Crippen molar-refractivity contribution in [3.8, 4) is 11.1 Å². The highest BCUT2D eigenvalue weighted by atomic mass is 32.1. The maximum Gasteiger partial charge on any atom is 0.407 e. The van der Waals surface area contributed by atoms with E-state index in [-0.39, 0.29) is 31.4 Å². The van der Waals surface area contributed by atoms with Crippen LogP contribution in [0.4, 0.5) is 4.79 Å². The smallest absolute Gasteiger partial charge is 0.407 e. The fourth-order valence-electron chi connectivity index (χ4n) is 3.97. The van der Waals surface area contributed by atoms with Crippen LogP contribution in [0.1, 0.15) is 34.7 Å². The van der Waals surface area contributed by atoms with E-state index in [1.165, 1.54) is 41.3 Å². The van der Waals surface area contributed by atoms with Gasteiger partial charge in [0.25, 0.3) is 0 Å². The standard InChI is InChI=1S/C25H25N3O5S/c1-15(24(30)31)28(2)23(29)11-16-14-34-22(27-16)12-26-25(32)33-13-21-19-9-5-3-7-17(19)18-8-4-6-10-20(18)21/h3-10,14-15,21H,11-13H2,1-2H3,(H,26,32)(H,30,31)/t15-/m0/s1. The van der Waals surface area contributed by atoms with Crippen LogP contribution in [0.15, 0.2) is 53.9 Å². The molecular weight excluding hydrogens is 454 g/mol. The number of benzene rings is 2. The molecule has 34 heavy (non-hydrogen) atoms. The first-order chi connectivity index (χ1) is 16.3. The maximum atomic E-state index is 12.3. The molecule has 9 heteroatoms. The molecule has 2 aromatic carbocycles. The van der Waals surface area contributed by atoms with Crippen molar-refractivity contribution in [3.05, 3.63) is 75.7 Å². The van der Waals surface area contributed by atoms with E-state index in [9.17, 15) is 14.4 Å². The van der Waals surface area contributed by atoms with Gasteiger partial charge in [0.05, 0.1) is 18.7 Å². The Morgan fingerprint density at radius 1 is 1.12 bits per heavy atom. The Balaban J connectivity index is 1.29. The van der Waals surface area contributed by atoms with Gasteiger partial charge in [-0.2, -0.15) is 0 Å². The molecule has 1 aromatic heterocycles. The number of alkyl carbamates (subject to hydrolysis) is 1. The molecule has 4 rings (SSSR count). The number of fused-ring (bicyclic) bond motifs is 3. The molecule has 0 aliphatic heterocycles. The summed E-state index contributed by atoms with van der Waals surface area (Å²) in [6.07, 6.45) is -0.542. The number of aliphatic carboxylic acids is 1. The van der Waals surface area contributed by atoms with E-state index in [0.717, 1.165) is 11.1 Å². The maximum absolute atomic E-state index is 12.3. The molecule has 1 heterocycles. The van der Waals surface area contributed by atoms with Gasteiger partial charge in [0.1, 0.15) is 17.7 Å².